The van der Waals surface area contributed by atoms with Crippen molar-refractivity contribution in [2.24, 2.45) is 0 Å². The largest absolute Gasteiger partial charge is 0.494 e. The molecule has 0 aliphatic heterocycles. The normalized spacial score (nSPS) is 10.4. The summed E-state index contributed by atoms with van der Waals surface area (Å²) in [6.45, 7) is 6.58. The van der Waals surface area contributed by atoms with E-state index in [0.717, 1.165) is 28.4 Å². The van der Waals surface area contributed by atoms with Crippen LogP contribution in [0, 0.1) is 18.5 Å². The minimum Gasteiger partial charge on any atom is -0.494 e. The van der Waals surface area contributed by atoms with Gasteiger partial charge in [0.15, 0.2) is 0 Å². The average molecular weight is 260 g/mol. The minimum atomic E-state index is 0.668. The summed E-state index contributed by atoms with van der Waals surface area (Å²) in [5, 5.41) is 0. The molecule has 1 aromatic carbocycles. The zero-order chi connectivity index (χ0) is 13.1. The third kappa shape index (κ3) is 2.59. The summed E-state index contributed by atoms with van der Waals surface area (Å²) in [6.07, 6.45) is 0. The second-order valence-corrected chi connectivity index (χ2v) is 4.49. The fourth-order valence-electron chi connectivity index (χ4n) is 1.69. The zero-order valence-electron chi connectivity index (χ0n) is 10.8. The number of nitrogens with one attached hydrogen (secondary N) is 1. The molecular weight excluding hydrogens is 244 g/mol. The highest BCUT2D eigenvalue weighted by molar-refractivity contribution is 7.71. The highest BCUT2D eigenvalue weighted by atomic mass is 32.1. The van der Waals surface area contributed by atoms with Crippen molar-refractivity contribution in [1.82, 2.24) is 9.97 Å². The fraction of sp³-hybridized carbons (Fsp3) is 0.286. The van der Waals surface area contributed by atoms with Gasteiger partial charge in [0, 0.05) is 11.3 Å². The van der Waals surface area contributed by atoms with E-state index in [0.29, 0.717) is 11.2 Å². The molecule has 0 fully saturated rings. The van der Waals surface area contributed by atoms with Gasteiger partial charge in [-0.05, 0) is 45.0 Å². The molecule has 0 aliphatic carbocycles. The van der Waals surface area contributed by atoms with Crippen LogP contribution in [0.4, 0.5) is 0 Å². The molecule has 0 amide bonds. The van der Waals surface area contributed by atoms with E-state index in [-0.39, 0.29) is 0 Å². The van der Waals surface area contributed by atoms with Crippen LogP contribution in [0.15, 0.2) is 24.3 Å². The Bertz CT molecular complexity index is 602. The lowest BCUT2D eigenvalue weighted by atomic mass is 10.1. The fourth-order valence-corrected chi connectivity index (χ4v) is 2.01. The number of ether oxygens (including phenoxy) is 1. The van der Waals surface area contributed by atoms with Crippen LogP contribution in [0.3, 0.4) is 0 Å². The van der Waals surface area contributed by atoms with Crippen molar-refractivity contribution < 1.29 is 4.74 Å². The Balaban J connectivity index is 2.42. The molecule has 3 nitrogen and oxygen atoms in total. The maximum atomic E-state index is 5.42. The lowest BCUT2D eigenvalue weighted by Crippen LogP contribution is -1.96. The highest BCUT2D eigenvalue weighted by Crippen LogP contribution is 2.22. The number of aryl methyl sites for hydroxylation is 2. The third-order valence-electron chi connectivity index (χ3n) is 2.78. The predicted octanol–water partition coefficient (Wildman–Crippen LogP) is 3.82. The quantitative estimate of drug-likeness (QED) is 0.852. The predicted molar refractivity (Wildman–Crippen MR) is 75.5 cm³/mol. The molecule has 94 valence electrons. The van der Waals surface area contributed by atoms with E-state index in [1.54, 1.807) is 0 Å². The molecule has 0 radical (unpaired) electrons. The van der Waals surface area contributed by atoms with Crippen molar-refractivity contribution in [3.8, 4) is 17.0 Å². The standard InChI is InChI=1S/C14H16N2OS/c1-4-17-12-7-5-11(6-8-12)13-14(18)16-10(3)9(2)15-13/h5-8H,4H2,1-3H3,(H,16,18). The van der Waals surface area contributed by atoms with Gasteiger partial charge in [0.2, 0.25) is 0 Å². The SMILES string of the molecule is CCOc1ccc(-c2nc(C)c(C)[nH]c2=S)cc1. The van der Waals surface area contributed by atoms with Crippen LogP contribution in [0.2, 0.25) is 0 Å². The van der Waals surface area contributed by atoms with Gasteiger partial charge < -0.3 is 9.72 Å². The van der Waals surface area contributed by atoms with Crippen molar-refractivity contribution in [3.05, 3.63) is 40.3 Å². The second-order valence-electron chi connectivity index (χ2n) is 4.08. The third-order valence-corrected chi connectivity index (χ3v) is 3.07. The summed E-state index contributed by atoms with van der Waals surface area (Å²) in [5.74, 6) is 0.861. The molecule has 1 heterocycles. The number of hydrogen-bond donors (Lipinski definition) is 1. The summed E-state index contributed by atoms with van der Waals surface area (Å²) in [5.41, 5.74) is 3.79. The maximum Gasteiger partial charge on any atom is 0.130 e. The molecule has 0 unspecified atom stereocenters. The van der Waals surface area contributed by atoms with Crippen molar-refractivity contribution in [3.63, 3.8) is 0 Å². The van der Waals surface area contributed by atoms with Gasteiger partial charge in [0.1, 0.15) is 16.1 Å². The van der Waals surface area contributed by atoms with E-state index in [4.69, 9.17) is 17.0 Å². The molecular formula is C14H16N2OS. The topological polar surface area (TPSA) is 37.9 Å². The first-order chi connectivity index (χ1) is 8.61. The molecule has 1 N–H and O–H groups in total. The molecule has 0 atom stereocenters. The monoisotopic (exact) mass is 260 g/mol. The Morgan fingerprint density at radius 3 is 2.50 bits per heavy atom. The van der Waals surface area contributed by atoms with Crippen molar-refractivity contribution in [2.75, 3.05) is 6.61 Å². The molecule has 0 saturated carbocycles. The van der Waals surface area contributed by atoms with E-state index in [2.05, 4.69) is 9.97 Å². The number of rotatable bonds is 3. The van der Waals surface area contributed by atoms with E-state index in [9.17, 15) is 0 Å². The molecule has 0 spiro atoms. The Hall–Kier alpha value is -1.68. The van der Waals surface area contributed by atoms with Gasteiger partial charge >= 0.3 is 0 Å². The van der Waals surface area contributed by atoms with Gasteiger partial charge in [-0.1, -0.05) is 12.2 Å². The highest BCUT2D eigenvalue weighted by Gasteiger charge is 2.05. The number of nitrogens with zero attached hydrogens (tertiary/aromatic N) is 1. The Kier molecular flexibility index (Phi) is 3.77. The Labute approximate surface area is 112 Å². The zero-order valence-corrected chi connectivity index (χ0v) is 11.6. The first kappa shape index (κ1) is 12.8. The number of hydrogen-bond acceptors (Lipinski definition) is 3. The summed E-state index contributed by atoms with van der Waals surface area (Å²) in [7, 11) is 0. The molecule has 18 heavy (non-hydrogen) atoms. The molecule has 2 aromatic rings. The van der Waals surface area contributed by atoms with E-state index in [1.165, 1.54) is 0 Å². The smallest absolute Gasteiger partial charge is 0.130 e. The van der Waals surface area contributed by atoms with Crippen LogP contribution in [0.5, 0.6) is 5.75 Å². The second kappa shape index (κ2) is 5.31. The maximum absolute atomic E-state index is 5.42. The van der Waals surface area contributed by atoms with Crippen LogP contribution in [-0.4, -0.2) is 16.6 Å². The van der Waals surface area contributed by atoms with Crippen LogP contribution in [-0.2, 0) is 0 Å². The number of aromatic amines is 1. The summed E-state index contributed by atoms with van der Waals surface area (Å²) < 4.78 is 6.08. The summed E-state index contributed by atoms with van der Waals surface area (Å²) in [4.78, 5) is 7.71. The van der Waals surface area contributed by atoms with Gasteiger partial charge in [-0.25, -0.2) is 4.98 Å². The van der Waals surface area contributed by atoms with Crippen molar-refractivity contribution in [1.29, 1.82) is 0 Å². The van der Waals surface area contributed by atoms with Crippen molar-refractivity contribution >= 4 is 12.2 Å². The summed E-state index contributed by atoms with van der Waals surface area (Å²) in [6, 6.07) is 7.83. The van der Waals surface area contributed by atoms with Gasteiger partial charge in [0.05, 0.1) is 12.3 Å². The molecule has 0 aliphatic rings. The van der Waals surface area contributed by atoms with Crippen molar-refractivity contribution in [2.45, 2.75) is 20.8 Å². The molecule has 1 aromatic heterocycles. The molecule has 0 saturated heterocycles. The van der Waals surface area contributed by atoms with Gasteiger partial charge in [0.25, 0.3) is 0 Å². The van der Waals surface area contributed by atoms with E-state index >= 15 is 0 Å². The van der Waals surface area contributed by atoms with Gasteiger partial charge in [-0.3, -0.25) is 0 Å². The Morgan fingerprint density at radius 2 is 1.89 bits per heavy atom. The van der Waals surface area contributed by atoms with E-state index < -0.39 is 0 Å². The summed E-state index contributed by atoms with van der Waals surface area (Å²) >= 11 is 5.32. The average Bonchev–Trinajstić information content (AvgIpc) is 2.35. The molecule has 0 bridgehead atoms. The lowest BCUT2D eigenvalue weighted by molar-refractivity contribution is 0.340. The molecule has 2 rings (SSSR count). The number of benzene rings is 1. The first-order valence-electron chi connectivity index (χ1n) is 5.92. The lowest BCUT2D eigenvalue weighted by Gasteiger charge is -2.07. The number of H-pyrrole nitrogens is 1. The van der Waals surface area contributed by atoms with Crippen LogP contribution in [0.25, 0.3) is 11.3 Å². The van der Waals surface area contributed by atoms with Crippen LogP contribution in [0.1, 0.15) is 18.3 Å². The number of aromatic nitrogens is 2. The Morgan fingerprint density at radius 1 is 1.22 bits per heavy atom. The van der Waals surface area contributed by atoms with E-state index in [1.807, 2.05) is 45.0 Å². The minimum absolute atomic E-state index is 0.668. The van der Waals surface area contributed by atoms with Crippen LogP contribution >= 0.6 is 12.2 Å². The van der Waals surface area contributed by atoms with Crippen LogP contribution < -0.4 is 4.74 Å². The van der Waals surface area contributed by atoms with Gasteiger partial charge in [-0.15, -0.1) is 0 Å². The van der Waals surface area contributed by atoms with Gasteiger partial charge in [-0.2, -0.15) is 0 Å². The first-order valence-corrected chi connectivity index (χ1v) is 6.33. The molecule has 4 heteroatoms.